The minimum atomic E-state index is -1.44. The highest BCUT2D eigenvalue weighted by atomic mass is 32.2. The van der Waals surface area contributed by atoms with Gasteiger partial charge in [-0.1, -0.05) is 0 Å². The van der Waals surface area contributed by atoms with Crippen LogP contribution in [0.3, 0.4) is 0 Å². The first-order valence-corrected chi connectivity index (χ1v) is 13.5. The molecule has 34 heavy (non-hydrogen) atoms. The van der Waals surface area contributed by atoms with Crippen LogP contribution < -0.4 is 9.47 Å². The normalized spacial score (nSPS) is 15.7. The Hall–Kier alpha value is -2.41. The summed E-state index contributed by atoms with van der Waals surface area (Å²) in [6.45, 7) is 8.87. The summed E-state index contributed by atoms with van der Waals surface area (Å²) in [5, 5.41) is 4.51. The van der Waals surface area contributed by atoms with Crippen LogP contribution in [0.15, 0.2) is 24.4 Å². The summed E-state index contributed by atoms with van der Waals surface area (Å²) in [5.74, 6) is 2.31. The zero-order chi connectivity index (χ0) is 24.5. The molecule has 0 saturated heterocycles. The van der Waals surface area contributed by atoms with E-state index in [2.05, 4.69) is 28.5 Å². The molecular weight excluding hydrogens is 478 g/mol. The average Bonchev–Trinajstić information content (AvgIpc) is 3.32. The second-order valence-corrected chi connectivity index (χ2v) is 9.86. The largest absolute Gasteiger partial charge is 0.491 e. The summed E-state index contributed by atoms with van der Waals surface area (Å²) in [5.41, 5.74) is 1.62. The molecule has 0 saturated carbocycles. The minimum Gasteiger partial charge on any atom is -0.491 e. The molecule has 184 valence electrons. The van der Waals surface area contributed by atoms with Crippen LogP contribution in [0.1, 0.15) is 32.6 Å². The topological polar surface area (TPSA) is 103 Å². The lowest BCUT2D eigenvalue weighted by atomic mass is 10.1. The van der Waals surface area contributed by atoms with Crippen molar-refractivity contribution in [1.82, 2.24) is 24.3 Å². The highest BCUT2D eigenvalue weighted by Gasteiger charge is 2.30. The van der Waals surface area contributed by atoms with Gasteiger partial charge in [-0.3, -0.25) is 8.37 Å². The van der Waals surface area contributed by atoms with Gasteiger partial charge in [-0.2, -0.15) is 5.10 Å². The summed E-state index contributed by atoms with van der Waals surface area (Å²) in [7, 11) is 0. The summed E-state index contributed by atoms with van der Waals surface area (Å²) in [6, 6.07) is 5.72. The van der Waals surface area contributed by atoms with Crippen molar-refractivity contribution in [3.8, 4) is 34.4 Å². The first-order valence-electron chi connectivity index (χ1n) is 10.8. The molecule has 2 aromatic heterocycles. The van der Waals surface area contributed by atoms with Gasteiger partial charge < -0.3 is 14.0 Å². The molecule has 0 aliphatic carbocycles. The van der Waals surface area contributed by atoms with E-state index in [1.165, 1.54) is 6.26 Å². The van der Waals surface area contributed by atoms with E-state index in [0.717, 1.165) is 34.9 Å². The number of fused-ring (bicyclic) bond motifs is 3. The molecule has 3 aromatic rings. The Morgan fingerprint density at radius 3 is 2.79 bits per heavy atom. The van der Waals surface area contributed by atoms with Gasteiger partial charge in [0.2, 0.25) is 5.79 Å². The molecule has 0 N–H and O–H groups in total. The van der Waals surface area contributed by atoms with E-state index in [4.69, 9.17) is 22.8 Å². The molecule has 0 amide bonds. The number of rotatable bonds is 9. The fourth-order valence-corrected chi connectivity index (χ4v) is 4.50. The Kier molecular flexibility index (Phi) is 7.31. The van der Waals surface area contributed by atoms with Crippen molar-refractivity contribution >= 4 is 23.1 Å². The molecule has 10 nitrogen and oxygen atoms in total. The van der Waals surface area contributed by atoms with Gasteiger partial charge in [0.1, 0.15) is 42.1 Å². The van der Waals surface area contributed by atoms with Crippen molar-refractivity contribution in [2.75, 3.05) is 25.7 Å². The Bertz CT molecular complexity index is 1190. The smallest absolute Gasteiger partial charge is 0.244 e. The van der Waals surface area contributed by atoms with Gasteiger partial charge in [0.25, 0.3) is 0 Å². The Morgan fingerprint density at radius 2 is 2.09 bits per heavy atom. The van der Waals surface area contributed by atoms with Crippen molar-refractivity contribution in [2.45, 2.75) is 46.1 Å². The van der Waals surface area contributed by atoms with E-state index < -0.39 is 16.9 Å². The van der Waals surface area contributed by atoms with Gasteiger partial charge in [-0.25, -0.2) is 18.9 Å². The number of ether oxygens (including phenoxy) is 2. The quantitative estimate of drug-likeness (QED) is 0.316. The summed E-state index contributed by atoms with van der Waals surface area (Å²) >= 11 is -0.290. The molecular formula is C22H29N5O5S2. The predicted molar refractivity (Wildman–Crippen MR) is 131 cm³/mol. The van der Waals surface area contributed by atoms with Crippen LogP contribution in [0.25, 0.3) is 22.9 Å². The van der Waals surface area contributed by atoms with Gasteiger partial charge in [-0.15, -0.1) is 0 Å². The molecule has 12 heteroatoms. The number of hydrogen-bond acceptors (Lipinski definition) is 9. The Balaban J connectivity index is 1.66. The third kappa shape index (κ3) is 5.29. The molecule has 1 aromatic carbocycles. The lowest BCUT2D eigenvalue weighted by molar-refractivity contribution is -0.109. The number of aromatic nitrogens is 5. The Morgan fingerprint density at radius 1 is 1.29 bits per heavy atom. The molecule has 1 aliphatic heterocycles. The van der Waals surface area contributed by atoms with Crippen LogP contribution in [0, 0.1) is 6.92 Å². The number of imidazole rings is 1. The Labute approximate surface area is 205 Å². The highest BCUT2D eigenvalue weighted by Crippen LogP contribution is 2.37. The van der Waals surface area contributed by atoms with Gasteiger partial charge in [0.15, 0.2) is 16.9 Å². The molecule has 0 spiro atoms. The maximum absolute atomic E-state index is 11.4. The summed E-state index contributed by atoms with van der Waals surface area (Å²) in [6.07, 6.45) is 5.23. The van der Waals surface area contributed by atoms with E-state index in [1.807, 2.05) is 36.0 Å². The van der Waals surface area contributed by atoms with Crippen molar-refractivity contribution < 1.29 is 22.0 Å². The SMILES string of the molecule is CSOC(C)(COS(C)=O)Oc1ccc2c(c1)OCCn1cc(-c3nc(C)nn3C(C)C)nc1-2. The monoisotopic (exact) mass is 507 g/mol. The summed E-state index contributed by atoms with van der Waals surface area (Å²) in [4.78, 5) is 9.50. The van der Waals surface area contributed by atoms with E-state index in [0.29, 0.717) is 30.5 Å². The molecule has 2 atom stereocenters. The number of benzene rings is 1. The fourth-order valence-electron chi connectivity index (χ4n) is 3.68. The van der Waals surface area contributed by atoms with Gasteiger partial charge in [0, 0.05) is 37.7 Å². The maximum Gasteiger partial charge on any atom is 0.244 e. The van der Waals surface area contributed by atoms with Crippen LogP contribution >= 0.6 is 12.0 Å². The van der Waals surface area contributed by atoms with Crippen LogP contribution in [0.5, 0.6) is 11.5 Å². The zero-order valence-corrected chi connectivity index (χ0v) is 21.7. The molecule has 1 aliphatic rings. The molecule has 3 heterocycles. The van der Waals surface area contributed by atoms with Crippen LogP contribution in [-0.2, 0) is 26.0 Å². The molecule has 2 unspecified atom stereocenters. The second-order valence-electron chi connectivity index (χ2n) is 8.32. The molecule has 0 fully saturated rings. The van der Waals surface area contributed by atoms with Crippen molar-refractivity contribution in [3.05, 3.63) is 30.2 Å². The second kappa shape index (κ2) is 10.1. The maximum atomic E-state index is 11.4. The average molecular weight is 508 g/mol. The third-order valence-corrected chi connectivity index (χ3v) is 6.07. The van der Waals surface area contributed by atoms with E-state index in [-0.39, 0.29) is 12.6 Å². The first kappa shape index (κ1) is 24.7. The van der Waals surface area contributed by atoms with Crippen LogP contribution in [0.2, 0.25) is 0 Å². The lowest BCUT2D eigenvalue weighted by Crippen LogP contribution is -2.39. The van der Waals surface area contributed by atoms with Gasteiger partial charge >= 0.3 is 0 Å². The van der Waals surface area contributed by atoms with E-state index in [9.17, 15) is 4.21 Å². The van der Waals surface area contributed by atoms with Crippen molar-refractivity contribution in [1.29, 1.82) is 0 Å². The molecule has 0 radical (unpaired) electrons. The number of hydrogen-bond donors (Lipinski definition) is 0. The minimum absolute atomic E-state index is 0.00138. The molecule has 0 bridgehead atoms. The standard InChI is InChI=1S/C22H29N5O5S2/c1-14(2)27-21(23-15(3)25-27)18-12-26-9-10-29-19-11-16(7-8-17(19)20(26)24-18)31-22(4,32-33-5)13-30-34(6)28/h7-8,11-12,14H,9-10,13H2,1-6H3. The van der Waals surface area contributed by atoms with Crippen molar-refractivity contribution in [3.63, 3.8) is 0 Å². The van der Waals surface area contributed by atoms with Crippen LogP contribution in [0.4, 0.5) is 0 Å². The number of aryl methyl sites for hydroxylation is 1. The van der Waals surface area contributed by atoms with Crippen LogP contribution in [-0.4, -0.2) is 60.0 Å². The zero-order valence-electron chi connectivity index (χ0n) is 20.1. The third-order valence-electron chi connectivity index (χ3n) is 5.10. The van der Waals surface area contributed by atoms with Crippen molar-refractivity contribution in [2.24, 2.45) is 0 Å². The van der Waals surface area contributed by atoms with E-state index in [1.54, 1.807) is 13.2 Å². The highest BCUT2D eigenvalue weighted by molar-refractivity contribution is 7.93. The van der Waals surface area contributed by atoms with Gasteiger partial charge in [0.05, 0.1) is 12.1 Å². The summed E-state index contributed by atoms with van der Waals surface area (Å²) < 4.78 is 38.3. The predicted octanol–water partition coefficient (Wildman–Crippen LogP) is 3.79. The van der Waals surface area contributed by atoms with Gasteiger partial charge in [-0.05, 0) is 44.9 Å². The first-order chi connectivity index (χ1) is 16.2. The molecule has 4 rings (SSSR count). The fraction of sp³-hybridized carbons (Fsp3) is 0.500. The number of nitrogens with zero attached hydrogens (tertiary/aromatic N) is 5. The lowest BCUT2D eigenvalue weighted by Gasteiger charge is -2.28. The van der Waals surface area contributed by atoms with E-state index >= 15 is 0 Å².